The zero-order valence-electron chi connectivity index (χ0n) is 18.7. The molecule has 32 heavy (non-hydrogen) atoms. The van der Waals surface area contributed by atoms with E-state index in [4.69, 9.17) is 9.15 Å². The van der Waals surface area contributed by atoms with Crippen LogP contribution in [-0.2, 0) is 5.41 Å². The summed E-state index contributed by atoms with van der Waals surface area (Å²) in [6.45, 7) is 4.38. The van der Waals surface area contributed by atoms with Crippen LogP contribution in [0.5, 0.6) is 11.5 Å². The fourth-order valence-electron chi connectivity index (χ4n) is 5.87. The van der Waals surface area contributed by atoms with Crippen LogP contribution in [0.15, 0.2) is 64.6 Å². The molecule has 1 fully saturated rings. The van der Waals surface area contributed by atoms with Crippen molar-refractivity contribution >= 4 is 5.57 Å². The molecule has 1 saturated carbocycles. The summed E-state index contributed by atoms with van der Waals surface area (Å²) in [5, 5.41) is 8.79. The molecule has 162 valence electrons. The Balaban J connectivity index is 1.42. The molecule has 0 saturated heterocycles. The van der Waals surface area contributed by atoms with Gasteiger partial charge in [-0.3, -0.25) is 0 Å². The SMILES string of the molecule is CC1=CC(c2nnc(-c3ccc4c(c3)C3(CCCCC3)c3ccccc3O4)o2)=CC(C)C1. The van der Waals surface area contributed by atoms with Crippen molar-refractivity contribution in [3.63, 3.8) is 0 Å². The van der Waals surface area contributed by atoms with Crippen molar-refractivity contribution in [3.05, 3.63) is 77.2 Å². The van der Waals surface area contributed by atoms with E-state index >= 15 is 0 Å². The van der Waals surface area contributed by atoms with Crippen LogP contribution < -0.4 is 4.74 Å². The van der Waals surface area contributed by atoms with E-state index in [1.54, 1.807) is 0 Å². The van der Waals surface area contributed by atoms with Gasteiger partial charge in [-0.15, -0.1) is 10.2 Å². The Labute approximate surface area is 189 Å². The molecule has 0 N–H and O–H groups in total. The summed E-state index contributed by atoms with van der Waals surface area (Å²) >= 11 is 0. The summed E-state index contributed by atoms with van der Waals surface area (Å²) in [6.07, 6.45) is 11.5. The Kier molecular flexibility index (Phi) is 4.56. The molecular formula is C28H28N2O2. The van der Waals surface area contributed by atoms with Gasteiger partial charge >= 0.3 is 0 Å². The highest BCUT2D eigenvalue weighted by atomic mass is 16.5. The Morgan fingerprint density at radius 2 is 1.69 bits per heavy atom. The summed E-state index contributed by atoms with van der Waals surface area (Å²) in [5.74, 6) is 3.60. The van der Waals surface area contributed by atoms with E-state index in [2.05, 4.69) is 72.6 Å². The lowest BCUT2D eigenvalue weighted by atomic mass is 9.64. The van der Waals surface area contributed by atoms with Crippen molar-refractivity contribution in [2.24, 2.45) is 5.92 Å². The first-order valence-electron chi connectivity index (χ1n) is 11.8. The maximum Gasteiger partial charge on any atom is 0.248 e. The van der Waals surface area contributed by atoms with Gasteiger partial charge in [0.15, 0.2) is 0 Å². The first-order valence-corrected chi connectivity index (χ1v) is 11.8. The van der Waals surface area contributed by atoms with Gasteiger partial charge in [0.2, 0.25) is 11.8 Å². The fourth-order valence-corrected chi connectivity index (χ4v) is 5.87. The quantitative estimate of drug-likeness (QED) is 0.428. The van der Waals surface area contributed by atoms with Crippen molar-refractivity contribution in [2.75, 3.05) is 0 Å². The summed E-state index contributed by atoms with van der Waals surface area (Å²) in [7, 11) is 0. The van der Waals surface area contributed by atoms with Gasteiger partial charge in [-0.2, -0.15) is 0 Å². The van der Waals surface area contributed by atoms with Crippen molar-refractivity contribution in [1.29, 1.82) is 0 Å². The summed E-state index contributed by atoms with van der Waals surface area (Å²) in [5.41, 5.74) is 5.91. The van der Waals surface area contributed by atoms with Crippen molar-refractivity contribution in [1.82, 2.24) is 10.2 Å². The van der Waals surface area contributed by atoms with E-state index in [1.165, 1.54) is 36.0 Å². The average Bonchev–Trinajstić information content (AvgIpc) is 3.30. The third kappa shape index (κ3) is 3.12. The Morgan fingerprint density at radius 1 is 0.906 bits per heavy atom. The highest BCUT2D eigenvalue weighted by molar-refractivity contribution is 5.72. The molecule has 1 unspecified atom stereocenters. The lowest BCUT2D eigenvalue weighted by Gasteiger charge is -2.43. The van der Waals surface area contributed by atoms with E-state index < -0.39 is 0 Å². The van der Waals surface area contributed by atoms with Gasteiger partial charge in [0.1, 0.15) is 11.5 Å². The molecule has 2 aromatic carbocycles. The zero-order valence-corrected chi connectivity index (χ0v) is 18.7. The molecule has 4 nitrogen and oxygen atoms in total. The van der Waals surface area contributed by atoms with E-state index in [9.17, 15) is 0 Å². The molecule has 1 spiro atoms. The van der Waals surface area contributed by atoms with Gasteiger partial charge in [-0.25, -0.2) is 0 Å². The Bertz CT molecular complexity index is 1240. The van der Waals surface area contributed by atoms with Gasteiger partial charge in [0.25, 0.3) is 0 Å². The molecule has 1 aliphatic heterocycles. The fraction of sp³-hybridized carbons (Fsp3) is 0.357. The molecule has 2 aliphatic carbocycles. The minimum atomic E-state index is 0.00245. The van der Waals surface area contributed by atoms with Crippen LogP contribution in [0.3, 0.4) is 0 Å². The van der Waals surface area contributed by atoms with Gasteiger partial charge in [0, 0.05) is 27.7 Å². The van der Waals surface area contributed by atoms with Crippen LogP contribution >= 0.6 is 0 Å². The topological polar surface area (TPSA) is 48.2 Å². The highest BCUT2D eigenvalue weighted by Crippen LogP contribution is 2.55. The molecule has 4 heteroatoms. The molecule has 0 radical (unpaired) electrons. The smallest absolute Gasteiger partial charge is 0.248 e. The first-order chi connectivity index (χ1) is 15.6. The predicted molar refractivity (Wildman–Crippen MR) is 126 cm³/mol. The third-order valence-electron chi connectivity index (χ3n) is 7.25. The van der Waals surface area contributed by atoms with Crippen LogP contribution in [0.25, 0.3) is 17.0 Å². The van der Waals surface area contributed by atoms with Gasteiger partial charge in [0.05, 0.1) is 0 Å². The number of allylic oxidation sites excluding steroid dienone is 4. The Hall–Kier alpha value is -3.14. The minimum Gasteiger partial charge on any atom is -0.457 e. The number of hydrogen-bond acceptors (Lipinski definition) is 4. The van der Waals surface area contributed by atoms with Crippen LogP contribution in [0.2, 0.25) is 0 Å². The van der Waals surface area contributed by atoms with Crippen LogP contribution in [0.4, 0.5) is 0 Å². The number of nitrogens with zero attached hydrogens (tertiary/aromatic N) is 2. The largest absolute Gasteiger partial charge is 0.457 e. The Morgan fingerprint density at radius 3 is 2.53 bits per heavy atom. The van der Waals surface area contributed by atoms with E-state index in [0.717, 1.165) is 41.9 Å². The molecular weight excluding hydrogens is 396 g/mol. The monoisotopic (exact) mass is 424 g/mol. The van der Waals surface area contributed by atoms with Crippen LogP contribution in [0.1, 0.15) is 69.4 Å². The molecule has 6 rings (SSSR count). The number of rotatable bonds is 2. The van der Waals surface area contributed by atoms with Crippen LogP contribution in [-0.4, -0.2) is 10.2 Å². The van der Waals surface area contributed by atoms with E-state index in [-0.39, 0.29) is 5.41 Å². The van der Waals surface area contributed by atoms with Gasteiger partial charge in [-0.05, 0) is 56.4 Å². The maximum atomic E-state index is 6.34. The zero-order chi connectivity index (χ0) is 21.7. The number of hydrogen-bond donors (Lipinski definition) is 0. The first kappa shape index (κ1) is 19.5. The summed E-state index contributed by atoms with van der Waals surface area (Å²) < 4.78 is 12.5. The number of aromatic nitrogens is 2. The number of para-hydroxylation sites is 1. The number of ether oxygens (including phenoxy) is 1. The van der Waals surface area contributed by atoms with Gasteiger partial charge < -0.3 is 9.15 Å². The van der Waals surface area contributed by atoms with Crippen LogP contribution in [0, 0.1) is 5.92 Å². The van der Waals surface area contributed by atoms with E-state index in [0.29, 0.717) is 17.7 Å². The second-order valence-corrected chi connectivity index (χ2v) is 9.66. The van der Waals surface area contributed by atoms with Crippen molar-refractivity contribution < 1.29 is 9.15 Å². The molecule has 3 aromatic rings. The molecule has 1 atom stereocenters. The highest BCUT2D eigenvalue weighted by Gasteiger charge is 2.43. The standard InChI is InChI=1S/C28H28N2O2/c1-18-14-19(2)16-21(15-18)27-30-29-26(32-27)20-10-11-25-23(17-20)28(12-6-3-7-13-28)22-8-4-5-9-24(22)31-25/h4-5,8-11,15-18H,3,6-7,12-14H2,1-2H3. The molecule has 0 amide bonds. The second-order valence-electron chi connectivity index (χ2n) is 9.66. The molecule has 2 heterocycles. The third-order valence-corrected chi connectivity index (χ3v) is 7.25. The summed E-state index contributed by atoms with van der Waals surface area (Å²) in [4.78, 5) is 0. The van der Waals surface area contributed by atoms with Crippen molar-refractivity contribution in [2.45, 2.75) is 57.8 Å². The van der Waals surface area contributed by atoms with E-state index in [1.807, 2.05) is 6.07 Å². The second kappa shape index (κ2) is 7.47. The predicted octanol–water partition coefficient (Wildman–Crippen LogP) is 7.46. The normalized spacial score (nSPS) is 21.2. The molecule has 1 aromatic heterocycles. The van der Waals surface area contributed by atoms with Crippen molar-refractivity contribution in [3.8, 4) is 23.0 Å². The lowest BCUT2D eigenvalue weighted by Crippen LogP contribution is -2.33. The number of benzene rings is 2. The average molecular weight is 425 g/mol. The lowest BCUT2D eigenvalue weighted by molar-refractivity contribution is 0.306. The molecule has 0 bridgehead atoms. The summed E-state index contributed by atoms with van der Waals surface area (Å²) in [6, 6.07) is 14.9. The van der Waals surface area contributed by atoms with Gasteiger partial charge in [-0.1, -0.05) is 62.1 Å². The molecule has 3 aliphatic rings. The minimum absolute atomic E-state index is 0.00245. The number of fused-ring (bicyclic) bond motifs is 4. The maximum absolute atomic E-state index is 6.34.